The van der Waals surface area contributed by atoms with E-state index in [0.29, 0.717) is 5.41 Å². The van der Waals surface area contributed by atoms with E-state index in [-0.39, 0.29) is 0 Å². The predicted octanol–water partition coefficient (Wildman–Crippen LogP) is 4.00. The van der Waals surface area contributed by atoms with Gasteiger partial charge in [0.1, 0.15) is 5.75 Å². The first-order valence-electron chi connectivity index (χ1n) is 6.77. The van der Waals surface area contributed by atoms with Gasteiger partial charge < -0.3 is 10.1 Å². The second-order valence-corrected chi connectivity index (χ2v) is 6.21. The van der Waals surface area contributed by atoms with Crippen molar-refractivity contribution in [3.8, 4) is 5.75 Å². The molecular weight excluding hydrogens is 290 g/mol. The lowest BCUT2D eigenvalue weighted by Gasteiger charge is -2.28. The Morgan fingerprint density at radius 2 is 2.11 bits per heavy atom. The highest BCUT2D eigenvalue weighted by Gasteiger charge is 2.32. The van der Waals surface area contributed by atoms with Crippen LogP contribution in [0.5, 0.6) is 5.75 Å². The van der Waals surface area contributed by atoms with Gasteiger partial charge in [0.05, 0.1) is 6.61 Å². The molecule has 0 saturated heterocycles. The van der Waals surface area contributed by atoms with Gasteiger partial charge in [-0.15, -0.1) is 0 Å². The highest BCUT2D eigenvalue weighted by molar-refractivity contribution is 9.10. The molecule has 1 saturated carbocycles. The van der Waals surface area contributed by atoms with Crippen molar-refractivity contribution in [2.24, 2.45) is 5.41 Å². The molecule has 0 aliphatic heterocycles. The standard InChI is InChI=1S/C15H22BrNO/c1-17-12-15(7-2-3-8-15)9-10-18-14-6-4-5-13(16)11-14/h4-6,11,17H,2-3,7-10,12H2,1H3. The summed E-state index contributed by atoms with van der Waals surface area (Å²) in [5.74, 6) is 0.960. The smallest absolute Gasteiger partial charge is 0.120 e. The summed E-state index contributed by atoms with van der Waals surface area (Å²) in [6.45, 7) is 1.94. The average molecular weight is 312 g/mol. The molecule has 0 aromatic heterocycles. The molecule has 2 rings (SSSR count). The van der Waals surface area contributed by atoms with E-state index in [1.54, 1.807) is 0 Å². The van der Waals surface area contributed by atoms with Crippen LogP contribution in [0.2, 0.25) is 0 Å². The Hall–Kier alpha value is -0.540. The lowest BCUT2D eigenvalue weighted by molar-refractivity contribution is 0.195. The minimum atomic E-state index is 0.473. The average Bonchev–Trinajstić information content (AvgIpc) is 2.79. The highest BCUT2D eigenvalue weighted by atomic mass is 79.9. The molecule has 2 nitrogen and oxygen atoms in total. The number of nitrogens with one attached hydrogen (secondary N) is 1. The molecule has 1 aliphatic rings. The van der Waals surface area contributed by atoms with E-state index in [4.69, 9.17) is 4.74 Å². The molecule has 18 heavy (non-hydrogen) atoms. The Balaban J connectivity index is 1.83. The van der Waals surface area contributed by atoms with Gasteiger partial charge in [0.2, 0.25) is 0 Å². The summed E-state index contributed by atoms with van der Waals surface area (Å²) in [5, 5.41) is 3.35. The van der Waals surface area contributed by atoms with E-state index >= 15 is 0 Å². The van der Waals surface area contributed by atoms with Gasteiger partial charge in [0, 0.05) is 11.0 Å². The molecule has 100 valence electrons. The van der Waals surface area contributed by atoms with Crippen LogP contribution in [0.4, 0.5) is 0 Å². The van der Waals surface area contributed by atoms with Crippen LogP contribution < -0.4 is 10.1 Å². The van der Waals surface area contributed by atoms with Crippen molar-refractivity contribution < 1.29 is 4.74 Å². The first-order valence-corrected chi connectivity index (χ1v) is 7.56. The van der Waals surface area contributed by atoms with E-state index in [0.717, 1.165) is 29.8 Å². The summed E-state index contributed by atoms with van der Waals surface area (Å²) < 4.78 is 6.94. The molecule has 0 unspecified atom stereocenters. The molecule has 0 amide bonds. The quantitative estimate of drug-likeness (QED) is 0.857. The zero-order valence-corrected chi connectivity index (χ0v) is 12.6. The zero-order valence-electron chi connectivity index (χ0n) is 11.0. The first-order chi connectivity index (χ1) is 8.74. The number of rotatable bonds is 6. The summed E-state index contributed by atoms with van der Waals surface area (Å²) in [5.41, 5.74) is 0.473. The second-order valence-electron chi connectivity index (χ2n) is 5.29. The Labute approximate surface area is 118 Å². The van der Waals surface area contributed by atoms with Crippen molar-refractivity contribution in [3.05, 3.63) is 28.7 Å². The van der Waals surface area contributed by atoms with Gasteiger partial charge in [-0.3, -0.25) is 0 Å². The third-order valence-corrected chi connectivity index (χ3v) is 4.41. The number of halogens is 1. The maximum Gasteiger partial charge on any atom is 0.120 e. The molecular formula is C15H22BrNO. The van der Waals surface area contributed by atoms with Gasteiger partial charge in [0.25, 0.3) is 0 Å². The minimum Gasteiger partial charge on any atom is -0.494 e. The number of benzene rings is 1. The Kier molecular flexibility index (Phi) is 5.07. The molecule has 3 heteroatoms. The van der Waals surface area contributed by atoms with Crippen LogP contribution in [0.3, 0.4) is 0 Å². The first kappa shape index (κ1) is 13.9. The van der Waals surface area contributed by atoms with E-state index in [1.807, 2.05) is 24.3 Å². The van der Waals surface area contributed by atoms with E-state index < -0.39 is 0 Å². The van der Waals surface area contributed by atoms with Crippen LogP contribution in [-0.2, 0) is 0 Å². The van der Waals surface area contributed by atoms with Crippen LogP contribution in [0.25, 0.3) is 0 Å². The van der Waals surface area contributed by atoms with E-state index in [9.17, 15) is 0 Å². The van der Waals surface area contributed by atoms with Crippen LogP contribution in [0, 0.1) is 5.41 Å². The summed E-state index contributed by atoms with van der Waals surface area (Å²) in [7, 11) is 2.05. The second kappa shape index (κ2) is 6.58. The van der Waals surface area contributed by atoms with Gasteiger partial charge in [0.15, 0.2) is 0 Å². The van der Waals surface area contributed by atoms with Gasteiger partial charge >= 0.3 is 0 Å². The number of ether oxygens (including phenoxy) is 1. The molecule has 0 radical (unpaired) electrons. The maximum atomic E-state index is 5.86. The maximum absolute atomic E-state index is 5.86. The molecule has 0 spiro atoms. The third-order valence-electron chi connectivity index (χ3n) is 3.91. The third kappa shape index (κ3) is 3.72. The zero-order chi connectivity index (χ0) is 12.8. The normalized spacial score (nSPS) is 17.9. The molecule has 1 aromatic carbocycles. The van der Waals surface area contributed by atoms with Gasteiger partial charge in [-0.2, -0.15) is 0 Å². The van der Waals surface area contributed by atoms with Crippen molar-refractivity contribution in [1.29, 1.82) is 0 Å². The number of hydrogen-bond acceptors (Lipinski definition) is 2. The molecule has 1 fully saturated rings. The van der Waals surface area contributed by atoms with Gasteiger partial charge in [-0.1, -0.05) is 34.8 Å². The van der Waals surface area contributed by atoms with Crippen molar-refractivity contribution >= 4 is 15.9 Å². The summed E-state index contributed by atoms with van der Waals surface area (Å²) in [6, 6.07) is 8.08. The largest absolute Gasteiger partial charge is 0.494 e. The molecule has 0 heterocycles. The lowest BCUT2D eigenvalue weighted by atomic mass is 9.83. The van der Waals surface area contributed by atoms with Crippen LogP contribution in [0.1, 0.15) is 32.1 Å². The van der Waals surface area contributed by atoms with Crippen LogP contribution in [0.15, 0.2) is 28.7 Å². The summed E-state index contributed by atoms with van der Waals surface area (Å²) in [4.78, 5) is 0. The summed E-state index contributed by atoms with van der Waals surface area (Å²) in [6.07, 6.45) is 6.59. The molecule has 1 aliphatic carbocycles. The van der Waals surface area contributed by atoms with Crippen LogP contribution >= 0.6 is 15.9 Å². The van der Waals surface area contributed by atoms with Crippen molar-refractivity contribution in [1.82, 2.24) is 5.32 Å². The summed E-state index contributed by atoms with van der Waals surface area (Å²) >= 11 is 3.47. The Bertz CT molecular complexity index is 375. The SMILES string of the molecule is CNCC1(CCOc2cccc(Br)c2)CCCC1. The van der Waals surface area contributed by atoms with Gasteiger partial charge in [-0.25, -0.2) is 0 Å². The fourth-order valence-electron chi connectivity index (χ4n) is 2.96. The van der Waals surface area contributed by atoms with Crippen LogP contribution in [-0.4, -0.2) is 20.2 Å². The monoisotopic (exact) mass is 311 g/mol. The minimum absolute atomic E-state index is 0.473. The lowest BCUT2D eigenvalue weighted by Crippen LogP contribution is -2.31. The van der Waals surface area contributed by atoms with E-state index in [2.05, 4.69) is 28.3 Å². The fraction of sp³-hybridized carbons (Fsp3) is 0.600. The van der Waals surface area contributed by atoms with Crippen molar-refractivity contribution in [2.75, 3.05) is 20.2 Å². The predicted molar refractivity (Wildman–Crippen MR) is 79.1 cm³/mol. The fourth-order valence-corrected chi connectivity index (χ4v) is 3.34. The van der Waals surface area contributed by atoms with E-state index in [1.165, 1.54) is 25.7 Å². The number of hydrogen-bond donors (Lipinski definition) is 1. The van der Waals surface area contributed by atoms with Gasteiger partial charge in [-0.05, 0) is 49.9 Å². The molecule has 1 N–H and O–H groups in total. The topological polar surface area (TPSA) is 21.3 Å². The molecule has 1 aromatic rings. The highest BCUT2D eigenvalue weighted by Crippen LogP contribution is 2.40. The molecule has 0 atom stereocenters. The van der Waals surface area contributed by atoms with Crippen molar-refractivity contribution in [3.63, 3.8) is 0 Å². The van der Waals surface area contributed by atoms with Crippen molar-refractivity contribution in [2.45, 2.75) is 32.1 Å². The Morgan fingerprint density at radius 3 is 2.78 bits per heavy atom. The Morgan fingerprint density at radius 1 is 1.33 bits per heavy atom. The molecule has 0 bridgehead atoms.